The van der Waals surface area contributed by atoms with Crippen LogP contribution in [-0.4, -0.2) is 14.3 Å². The van der Waals surface area contributed by atoms with E-state index in [4.69, 9.17) is 5.14 Å². The molecule has 1 aromatic carbocycles. The number of benzene rings is 1. The molecule has 2 rings (SSSR count). The van der Waals surface area contributed by atoms with Gasteiger partial charge in [0.15, 0.2) is 0 Å². The number of amides is 1. The Kier molecular flexibility index (Phi) is 4.04. The van der Waals surface area contributed by atoms with Crippen molar-refractivity contribution in [3.8, 4) is 0 Å². The van der Waals surface area contributed by atoms with Gasteiger partial charge in [-0.1, -0.05) is 12.1 Å². The van der Waals surface area contributed by atoms with E-state index in [1.54, 1.807) is 17.5 Å². The first-order valence-electron chi connectivity index (χ1n) is 5.06. The lowest BCUT2D eigenvalue weighted by atomic mass is 10.3. The second kappa shape index (κ2) is 5.41. The number of sulfonamides is 1. The number of nitrogens with two attached hydrogens (primary N) is 1. The Morgan fingerprint density at radius 3 is 2.53 bits per heavy atom. The van der Waals surface area contributed by atoms with Gasteiger partial charge in [-0.15, -0.1) is 11.3 Å². The first kappa shape index (κ1) is 14.2. The molecule has 0 bridgehead atoms. The molecule has 5 nitrogen and oxygen atoms in total. The third kappa shape index (κ3) is 3.21. The minimum Gasteiger partial charge on any atom is -0.320 e. The SMILES string of the molecule is NS(=O)(=O)c1ccccc1NC(=O)c1sccc1Br. The van der Waals surface area contributed by atoms with Crippen molar-refractivity contribution in [2.24, 2.45) is 5.14 Å². The minimum absolute atomic E-state index is 0.115. The highest BCUT2D eigenvalue weighted by Crippen LogP contribution is 2.25. The van der Waals surface area contributed by atoms with Crippen LogP contribution < -0.4 is 10.5 Å². The van der Waals surface area contributed by atoms with Crippen LogP contribution in [0.4, 0.5) is 5.69 Å². The maximum absolute atomic E-state index is 12.0. The molecule has 19 heavy (non-hydrogen) atoms. The molecule has 0 fully saturated rings. The molecule has 0 saturated heterocycles. The summed E-state index contributed by atoms with van der Waals surface area (Å²) in [6.07, 6.45) is 0. The standard InChI is InChI=1S/C11H9BrN2O3S2/c12-7-5-6-18-10(7)11(15)14-8-3-1-2-4-9(8)19(13,16)17/h1-6H,(H,14,15)(H2,13,16,17). The molecule has 0 radical (unpaired) electrons. The number of anilines is 1. The van der Waals surface area contributed by atoms with Gasteiger partial charge in [-0.05, 0) is 39.5 Å². The summed E-state index contributed by atoms with van der Waals surface area (Å²) in [6, 6.07) is 7.73. The molecule has 100 valence electrons. The largest absolute Gasteiger partial charge is 0.320 e. The Balaban J connectivity index is 2.35. The van der Waals surface area contributed by atoms with Gasteiger partial charge in [0.05, 0.1) is 5.69 Å². The van der Waals surface area contributed by atoms with Crippen molar-refractivity contribution in [1.82, 2.24) is 0 Å². The molecule has 0 atom stereocenters. The van der Waals surface area contributed by atoms with Crippen LogP contribution in [0.2, 0.25) is 0 Å². The number of para-hydroxylation sites is 1. The number of halogens is 1. The zero-order valence-electron chi connectivity index (χ0n) is 9.46. The molecule has 1 amide bonds. The highest BCUT2D eigenvalue weighted by atomic mass is 79.9. The highest BCUT2D eigenvalue weighted by molar-refractivity contribution is 9.10. The van der Waals surface area contributed by atoms with Crippen molar-refractivity contribution in [3.05, 3.63) is 45.1 Å². The number of nitrogens with one attached hydrogen (secondary N) is 1. The van der Waals surface area contributed by atoms with Crippen molar-refractivity contribution in [2.45, 2.75) is 4.90 Å². The first-order chi connectivity index (χ1) is 8.89. The molecule has 8 heteroatoms. The predicted molar refractivity (Wildman–Crippen MR) is 77.8 cm³/mol. The molecule has 3 N–H and O–H groups in total. The van der Waals surface area contributed by atoms with E-state index < -0.39 is 15.9 Å². The Labute approximate surface area is 122 Å². The van der Waals surface area contributed by atoms with Crippen LogP contribution in [0.25, 0.3) is 0 Å². The van der Waals surface area contributed by atoms with Crippen LogP contribution in [0.15, 0.2) is 45.1 Å². The number of hydrogen-bond acceptors (Lipinski definition) is 4. The Morgan fingerprint density at radius 2 is 1.95 bits per heavy atom. The number of hydrogen-bond donors (Lipinski definition) is 2. The first-order valence-corrected chi connectivity index (χ1v) is 8.27. The van der Waals surface area contributed by atoms with E-state index in [-0.39, 0.29) is 10.6 Å². The van der Waals surface area contributed by atoms with Crippen LogP contribution in [0.1, 0.15) is 9.67 Å². The lowest BCUT2D eigenvalue weighted by Crippen LogP contribution is -2.18. The van der Waals surface area contributed by atoms with E-state index in [0.29, 0.717) is 9.35 Å². The summed E-state index contributed by atoms with van der Waals surface area (Å²) in [6.45, 7) is 0. The highest BCUT2D eigenvalue weighted by Gasteiger charge is 2.17. The van der Waals surface area contributed by atoms with E-state index in [2.05, 4.69) is 21.2 Å². The molecule has 0 aliphatic heterocycles. The van der Waals surface area contributed by atoms with Crippen molar-refractivity contribution >= 4 is 48.9 Å². The molecule has 0 aliphatic rings. The van der Waals surface area contributed by atoms with Crippen LogP contribution >= 0.6 is 27.3 Å². The van der Waals surface area contributed by atoms with E-state index >= 15 is 0 Å². The molecule has 0 spiro atoms. The van der Waals surface area contributed by atoms with E-state index in [9.17, 15) is 13.2 Å². The number of rotatable bonds is 3. The third-order valence-corrected chi connectivity index (χ3v) is 5.07. The Morgan fingerprint density at radius 1 is 1.26 bits per heavy atom. The lowest BCUT2D eigenvalue weighted by molar-refractivity contribution is 0.102. The molecule has 0 saturated carbocycles. The van der Waals surface area contributed by atoms with E-state index in [0.717, 1.165) is 0 Å². The van der Waals surface area contributed by atoms with Gasteiger partial charge in [-0.25, -0.2) is 13.6 Å². The van der Waals surface area contributed by atoms with Gasteiger partial charge in [-0.3, -0.25) is 4.79 Å². The number of primary sulfonamides is 1. The normalized spacial score (nSPS) is 11.3. The van der Waals surface area contributed by atoms with Crippen LogP contribution in [-0.2, 0) is 10.0 Å². The second-order valence-corrected chi connectivity index (χ2v) is 6.89. The van der Waals surface area contributed by atoms with E-state index in [1.165, 1.54) is 29.5 Å². The Bertz CT molecular complexity index is 725. The fraction of sp³-hybridized carbons (Fsp3) is 0. The number of carbonyl (C=O) groups excluding carboxylic acids is 1. The van der Waals surface area contributed by atoms with Gasteiger partial charge >= 0.3 is 0 Å². The van der Waals surface area contributed by atoms with Crippen LogP contribution in [0.5, 0.6) is 0 Å². The fourth-order valence-corrected chi connectivity index (χ4v) is 3.59. The fourth-order valence-electron chi connectivity index (χ4n) is 1.45. The third-order valence-electron chi connectivity index (χ3n) is 2.27. The maximum atomic E-state index is 12.0. The molecule has 0 aliphatic carbocycles. The summed E-state index contributed by atoms with van der Waals surface area (Å²) in [5.74, 6) is -0.391. The van der Waals surface area contributed by atoms with Gasteiger partial charge in [0, 0.05) is 4.47 Å². The summed E-state index contributed by atoms with van der Waals surface area (Å²) in [5, 5.41) is 9.39. The minimum atomic E-state index is -3.88. The maximum Gasteiger partial charge on any atom is 0.266 e. The van der Waals surface area contributed by atoms with Crippen LogP contribution in [0.3, 0.4) is 0 Å². The molecule has 1 heterocycles. The molecular weight excluding hydrogens is 352 g/mol. The van der Waals surface area contributed by atoms with Crippen LogP contribution in [0, 0.1) is 0 Å². The summed E-state index contributed by atoms with van der Waals surface area (Å²) in [7, 11) is -3.88. The summed E-state index contributed by atoms with van der Waals surface area (Å²) in [5.41, 5.74) is 0.162. The smallest absolute Gasteiger partial charge is 0.266 e. The molecule has 0 unspecified atom stereocenters. The monoisotopic (exact) mass is 360 g/mol. The number of carbonyl (C=O) groups is 1. The zero-order valence-corrected chi connectivity index (χ0v) is 12.7. The average molecular weight is 361 g/mol. The zero-order chi connectivity index (χ0) is 14.0. The Hall–Kier alpha value is -1.22. The quantitative estimate of drug-likeness (QED) is 0.880. The topological polar surface area (TPSA) is 89.3 Å². The van der Waals surface area contributed by atoms with Crippen molar-refractivity contribution in [3.63, 3.8) is 0 Å². The van der Waals surface area contributed by atoms with E-state index in [1.807, 2.05) is 0 Å². The molecular formula is C11H9BrN2O3S2. The van der Waals surface area contributed by atoms with Gasteiger partial charge in [0.2, 0.25) is 10.0 Å². The molecule has 2 aromatic rings. The van der Waals surface area contributed by atoms with Crippen molar-refractivity contribution in [1.29, 1.82) is 0 Å². The van der Waals surface area contributed by atoms with Gasteiger partial charge in [0.25, 0.3) is 5.91 Å². The number of thiophene rings is 1. The summed E-state index contributed by atoms with van der Waals surface area (Å²) < 4.78 is 23.5. The second-order valence-electron chi connectivity index (χ2n) is 3.59. The van der Waals surface area contributed by atoms with Gasteiger partial charge < -0.3 is 5.32 Å². The van der Waals surface area contributed by atoms with Gasteiger partial charge in [0.1, 0.15) is 9.77 Å². The predicted octanol–water partition coefficient (Wildman–Crippen LogP) is 2.41. The summed E-state index contributed by atoms with van der Waals surface area (Å²) >= 11 is 4.50. The van der Waals surface area contributed by atoms with Gasteiger partial charge in [-0.2, -0.15) is 0 Å². The molecule has 1 aromatic heterocycles. The van der Waals surface area contributed by atoms with Crippen molar-refractivity contribution < 1.29 is 13.2 Å². The lowest BCUT2D eigenvalue weighted by Gasteiger charge is -2.08. The average Bonchev–Trinajstić information content (AvgIpc) is 2.75. The van der Waals surface area contributed by atoms with Crippen molar-refractivity contribution in [2.75, 3.05) is 5.32 Å². The summed E-state index contributed by atoms with van der Waals surface area (Å²) in [4.78, 5) is 12.4.